The SMILES string of the molecule is CN1c2nc(OC[C@@]34CCCN3C[C@H](F)C4)nc3c(F)c(-c4cc(O)cc(Cl)c4C4CC4)nc(c23)OCCC12CC(F)C2. The van der Waals surface area contributed by atoms with E-state index in [-0.39, 0.29) is 53.4 Å². The van der Waals surface area contributed by atoms with Crippen LogP contribution in [0.1, 0.15) is 62.8 Å². The number of aromatic hydroxyl groups is 1. The first-order valence-corrected chi connectivity index (χ1v) is 15.5. The molecule has 2 saturated carbocycles. The van der Waals surface area contributed by atoms with Gasteiger partial charge >= 0.3 is 6.01 Å². The zero-order chi connectivity index (χ0) is 29.7. The second kappa shape index (κ2) is 9.72. The topological polar surface area (TPSA) is 83.8 Å². The molecule has 5 heterocycles. The number of hydrogen-bond donors (Lipinski definition) is 1. The van der Waals surface area contributed by atoms with Gasteiger partial charge in [0.2, 0.25) is 5.88 Å². The van der Waals surface area contributed by atoms with Crippen molar-refractivity contribution in [2.75, 3.05) is 38.3 Å². The minimum atomic E-state index is -0.938. The standard InChI is InChI=1S/C31H33ClF3N5O3/c1-39-27-23-26(37-29(38-27)43-15-31-5-2-7-40(31)14-18(34)13-31)24(35)25(20-9-19(41)10-21(32)22(20)16-3-4-16)36-28(23)42-8-6-30(39)11-17(33)12-30/h9-10,16-18,41H,2-8,11-15H2,1H3/t17?,18-,30?,31+/m1/s1. The number of hydrogen-bond acceptors (Lipinski definition) is 8. The molecule has 2 saturated heterocycles. The number of halogens is 4. The maximum Gasteiger partial charge on any atom is 0.319 e. The second-order valence-electron chi connectivity index (χ2n) is 13.0. The molecule has 43 heavy (non-hydrogen) atoms. The maximum absolute atomic E-state index is 16.8. The first kappa shape index (κ1) is 27.5. The van der Waals surface area contributed by atoms with Crippen LogP contribution in [0, 0.1) is 5.82 Å². The zero-order valence-corrected chi connectivity index (χ0v) is 24.6. The largest absolute Gasteiger partial charge is 0.508 e. The summed E-state index contributed by atoms with van der Waals surface area (Å²) in [5, 5.41) is 11.1. The third-order valence-corrected chi connectivity index (χ3v) is 10.6. The van der Waals surface area contributed by atoms with Gasteiger partial charge in [-0.3, -0.25) is 4.90 Å². The lowest BCUT2D eigenvalue weighted by atomic mass is 9.71. The summed E-state index contributed by atoms with van der Waals surface area (Å²) in [7, 11) is 1.83. The molecule has 0 radical (unpaired) electrons. The molecule has 0 unspecified atom stereocenters. The molecule has 3 aliphatic heterocycles. The quantitative estimate of drug-likeness (QED) is 0.368. The predicted molar refractivity (Wildman–Crippen MR) is 155 cm³/mol. The van der Waals surface area contributed by atoms with Crippen molar-refractivity contribution in [1.82, 2.24) is 19.9 Å². The molecular weight excluding hydrogens is 583 g/mol. The van der Waals surface area contributed by atoms with E-state index in [1.165, 1.54) is 12.1 Å². The van der Waals surface area contributed by atoms with Crippen molar-refractivity contribution in [2.24, 2.45) is 0 Å². The van der Waals surface area contributed by atoms with Gasteiger partial charge in [0.25, 0.3) is 0 Å². The third kappa shape index (κ3) is 4.32. The molecule has 0 amide bonds. The number of phenolic OH excluding ortho intramolecular Hbond substituents is 1. The average Bonchev–Trinajstić information content (AvgIpc) is 3.63. The van der Waals surface area contributed by atoms with Crippen molar-refractivity contribution in [3.05, 3.63) is 28.5 Å². The van der Waals surface area contributed by atoms with Crippen molar-refractivity contribution in [3.63, 3.8) is 0 Å². The summed E-state index contributed by atoms with van der Waals surface area (Å²) in [6.07, 6.45) is 3.22. The van der Waals surface area contributed by atoms with E-state index in [2.05, 4.69) is 14.9 Å². The number of pyridine rings is 1. The monoisotopic (exact) mass is 615 g/mol. The predicted octanol–water partition coefficient (Wildman–Crippen LogP) is 6.11. The molecular formula is C31H33ClF3N5O3. The number of aromatic nitrogens is 3. The normalized spacial score (nSPS) is 30.2. The highest BCUT2D eigenvalue weighted by atomic mass is 35.5. The zero-order valence-electron chi connectivity index (χ0n) is 23.9. The lowest BCUT2D eigenvalue weighted by Crippen LogP contribution is -2.58. The summed E-state index contributed by atoms with van der Waals surface area (Å²) in [6.45, 7) is 1.62. The van der Waals surface area contributed by atoms with Gasteiger partial charge in [-0.15, -0.1) is 0 Å². The van der Waals surface area contributed by atoms with E-state index in [0.717, 1.165) is 37.8 Å². The first-order valence-electron chi connectivity index (χ1n) is 15.1. The van der Waals surface area contributed by atoms with Gasteiger partial charge in [-0.1, -0.05) is 11.6 Å². The lowest BCUT2D eigenvalue weighted by molar-refractivity contribution is 0.0725. The number of ether oxygens (including phenoxy) is 2. The molecule has 2 aromatic heterocycles. The highest BCUT2D eigenvalue weighted by Crippen LogP contribution is 2.52. The molecule has 1 N–H and O–H groups in total. The van der Waals surface area contributed by atoms with Gasteiger partial charge in [-0.05, 0) is 55.8 Å². The van der Waals surface area contributed by atoms with Gasteiger partial charge < -0.3 is 19.5 Å². The number of anilines is 1. The Balaban J connectivity index is 1.29. The van der Waals surface area contributed by atoms with Crippen LogP contribution in [0.25, 0.3) is 22.2 Å². The smallest absolute Gasteiger partial charge is 0.319 e. The molecule has 0 bridgehead atoms. The average molecular weight is 616 g/mol. The highest BCUT2D eigenvalue weighted by molar-refractivity contribution is 6.32. The van der Waals surface area contributed by atoms with E-state index >= 15 is 4.39 Å². The number of fused-ring (bicyclic) bond motifs is 1. The van der Waals surface area contributed by atoms with E-state index in [0.29, 0.717) is 48.6 Å². The van der Waals surface area contributed by atoms with Crippen LogP contribution in [0.4, 0.5) is 19.0 Å². The Morgan fingerprint density at radius 1 is 1.12 bits per heavy atom. The molecule has 4 fully saturated rings. The minimum absolute atomic E-state index is 0.0279. The minimum Gasteiger partial charge on any atom is -0.508 e. The van der Waals surface area contributed by atoms with Crippen LogP contribution in [0.2, 0.25) is 5.02 Å². The maximum atomic E-state index is 16.8. The Kier molecular flexibility index (Phi) is 6.22. The van der Waals surface area contributed by atoms with Gasteiger partial charge in [0.05, 0.1) is 17.7 Å². The number of phenols is 1. The Morgan fingerprint density at radius 3 is 2.70 bits per heavy atom. The number of nitrogens with zero attached hydrogens (tertiary/aromatic N) is 5. The van der Waals surface area contributed by atoms with E-state index in [1.54, 1.807) is 0 Å². The summed E-state index contributed by atoms with van der Waals surface area (Å²) in [4.78, 5) is 18.0. The molecule has 1 aromatic carbocycles. The molecule has 8 nitrogen and oxygen atoms in total. The van der Waals surface area contributed by atoms with Crippen LogP contribution in [0.15, 0.2) is 12.1 Å². The van der Waals surface area contributed by atoms with Crippen LogP contribution in [0.5, 0.6) is 17.6 Å². The summed E-state index contributed by atoms with van der Waals surface area (Å²) < 4.78 is 57.9. The van der Waals surface area contributed by atoms with Gasteiger partial charge in [-0.2, -0.15) is 9.97 Å². The van der Waals surface area contributed by atoms with Crippen molar-refractivity contribution in [3.8, 4) is 28.9 Å². The van der Waals surface area contributed by atoms with Crippen LogP contribution in [-0.4, -0.2) is 81.7 Å². The molecule has 2 atom stereocenters. The third-order valence-electron chi connectivity index (χ3n) is 10.3. The van der Waals surface area contributed by atoms with Crippen LogP contribution >= 0.6 is 11.6 Å². The Labute approximate surface area is 252 Å². The second-order valence-corrected chi connectivity index (χ2v) is 13.5. The van der Waals surface area contributed by atoms with E-state index in [4.69, 9.17) is 26.1 Å². The van der Waals surface area contributed by atoms with Crippen molar-refractivity contribution >= 4 is 28.3 Å². The summed E-state index contributed by atoms with van der Waals surface area (Å²) >= 11 is 6.56. The van der Waals surface area contributed by atoms with Gasteiger partial charge in [0.15, 0.2) is 5.82 Å². The lowest BCUT2D eigenvalue weighted by Gasteiger charge is -2.51. The summed E-state index contributed by atoms with van der Waals surface area (Å²) in [5.41, 5.74) is 0.0596. The first-order chi connectivity index (χ1) is 20.7. The van der Waals surface area contributed by atoms with Crippen molar-refractivity contribution < 1.29 is 27.8 Å². The Morgan fingerprint density at radius 2 is 1.93 bits per heavy atom. The molecule has 12 heteroatoms. The fourth-order valence-corrected chi connectivity index (χ4v) is 8.27. The number of alkyl halides is 2. The number of rotatable bonds is 5. The molecule has 228 valence electrons. The fraction of sp³-hybridized carbons (Fsp3) is 0.581. The van der Waals surface area contributed by atoms with E-state index in [1.807, 2.05) is 11.9 Å². The molecule has 8 rings (SSSR count). The van der Waals surface area contributed by atoms with Gasteiger partial charge in [0.1, 0.15) is 47.1 Å². The summed E-state index contributed by atoms with van der Waals surface area (Å²) in [6, 6.07) is 2.90. The van der Waals surface area contributed by atoms with Crippen LogP contribution in [0.3, 0.4) is 0 Å². The summed E-state index contributed by atoms with van der Waals surface area (Å²) in [5.74, 6) is -0.169. The van der Waals surface area contributed by atoms with Gasteiger partial charge in [0, 0.05) is 49.9 Å². The molecule has 2 aliphatic carbocycles. The van der Waals surface area contributed by atoms with Gasteiger partial charge in [-0.25, -0.2) is 18.2 Å². The van der Waals surface area contributed by atoms with Crippen LogP contribution < -0.4 is 14.4 Å². The molecule has 1 spiro atoms. The number of benzene rings is 1. The van der Waals surface area contributed by atoms with Crippen molar-refractivity contribution in [1.29, 1.82) is 0 Å². The fourth-order valence-electron chi connectivity index (χ4n) is 7.90. The highest BCUT2D eigenvalue weighted by Gasteiger charge is 2.51. The van der Waals surface area contributed by atoms with E-state index in [9.17, 15) is 13.9 Å². The van der Waals surface area contributed by atoms with Crippen molar-refractivity contribution in [2.45, 2.75) is 80.7 Å². The Bertz CT molecular complexity index is 1630. The molecule has 5 aliphatic rings. The Hall–Kier alpha value is -3.05. The van der Waals surface area contributed by atoms with E-state index < -0.39 is 29.2 Å². The van der Waals surface area contributed by atoms with Crippen LogP contribution in [-0.2, 0) is 0 Å². The molecule has 3 aromatic rings.